The molecule has 1 heterocycles. The Morgan fingerprint density at radius 2 is 1.66 bits per heavy atom. The summed E-state index contributed by atoms with van der Waals surface area (Å²) in [5.41, 5.74) is 0.518. The zero-order valence-corrected chi connectivity index (χ0v) is 15.9. The second kappa shape index (κ2) is 7.85. The van der Waals surface area contributed by atoms with Crippen molar-refractivity contribution in [1.29, 1.82) is 0 Å². The van der Waals surface area contributed by atoms with Crippen LogP contribution in [-0.4, -0.2) is 15.7 Å². The molecule has 5 nitrogen and oxygen atoms in total. The number of hydrogen-bond acceptors (Lipinski definition) is 3. The molecule has 144 valence electrons. The van der Waals surface area contributed by atoms with Crippen molar-refractivity contribution in [3.05, 3.63) is 105 Å². The van der Waals surface area contributed by atoms with Crippen molar-refractivity contribution >= 4 is 34.0 Å². The number of hydrogen-bond donors (Lipinski definition) is 1. The topological polar surface area (TPSA) is 64.0 Å². The van der Waals surface area contributed by atoms with Crippen molar-refractivity contribution in [2.75, 3.05) is 5.32 Å². The third-order valence-corrected chi connectivity index (χ3v) is 4.75. The molecule has 0 saturated heterocycles. The number of nitrogens with zero attached hydrogens (tertiary/aromatic N) is 2. The molecule has 0 saturated carbocycles. The molecule has 0 spiro atoms. The molecule has 0 bridgehead atoms. The number of carbonyl (C=O) groups excluding carboxylic acids is 1. The summed E-state index contributed by atoms with van der Waals surface area (Å²) in [4.78, 5) is 25.8. The lowest BCUT2D eigenvalue weighted by molar-refractivity contribution is 0.102. The van der Waals surface area contributed by atoms with Crippen LogP contribution in [0.3, 0.4) is 0 Å². The van der Waals surface area contributed by atoms with Crippen molar-refractivity contribution in [2.45, 2.75) is 6.54 Å². The minimum absolute atomic E-state index is 0.0236. The fraction of sp³-hybridized carbons (Fsp3) is 0.0455. The first-order chi connectivity index (χ1) is 14.0. The smallest absolute Gasteiger partial charge is 0.276 e. The third-order valence-electron chi connectivity index (χ3n) is 4.46. The monoisotopic (exact) mass is 407 g/mol. The predicted molar refractivity (Wildman–Crippen MR) is 111 cm³/mol. The number of fused-ring (bicyclic) bond motifs is 1. The van der Waals surface area contributed by atoms with Gasteiger partial charge in [-0.15, -0.1) is 0 Å². The number of benzene rings is 3. The first-order valence-electron chi connectivity index (χ1n) is 8.84. The molecule has 0 radical (unpaired) electrons. The van der Waals surface area contributed by atoms with E-state index in [9.17, 15) is 14.0 Å². The quantitative estimate of drug-likeness (QED) is 0.542. The number of nitrogens with one attached hydrogen (secondary N) is 1. The molecule has 1 N–H and O–H groups in total. The van der Waals surface area contributed by atoms with Gasteiger partial charge < -0.3 is 5.32 Å². The highest BCUT2D eigenvalue weighted by Crippen LogP contribution is 2.23. The number of aromatic nitrogens is 2. The van der Waals surface area contributed by atoms with Gasteiger partial charge in [0, 0.05) is 5.39 Å². The molecule has 0 atom stereocenters. The molecule has 0 aliphatic rings. The van der Waals surface area contributed by atoms with Crippen LogP contribution >= 0.6 is 11.6 Å². The molecule has 7 heteroatoms. The largest absolute Gasteiger partial charge is 0.318 e. The van der Waals surface area contributed by atoms with Crippen LogP contribution < -0.4 is 10.9 Å². The summed E-state index contributed by atoms with van der Waals surface area (Å²) in [5.74, 6) is -1.37. The van der Waals surface area contributed by atoms with Crippen LogP contribution in [0.1, 0.15) is 16.1 Å². The first kappa shape index (κ1) is 18.8. The molecular weight excluding hydrogens is 393 g/mol. The maximum atomic E-state index is 14.2. The fourth-order valence-corrected chi connectivity index (χ4v) is 3.22. The van der Waals surface area contributed by atoms with Crippen LogP contribution in [-0.2, 0) is 6.54 Å². The highest BCUT2D eigenvalue weighted by molar-refractivity contribution is 6.31. The molecule has 0 aliphatic carbocycles. The van der Waals surface area contributed by atoms with Crippen molar-refractivity contribution < 1.29 is 9.18 Å². The molecule has 4 aromatic rings. The van der Waals surface area contributed by atoms with Crippen molar-refractivity contribution in [1.82, 2.24) is 9.78 Å². The van der Waals surface area contributed by atoms with Crippen molar-refractivity contribution in [2.24, 2.45) is 0 Å². The third kappa shape index (κ3) is 3.75. The molecule has 1 amide bonds. The minimum atomic E-state index is -0.732. The van der Waals surface area contributed by atoms with Crippen LogP contribution in [0.5, 0.6) is 0 Å². The maximum absolute atomic E-state index is 14.2. The highest BCUT2D eigenvalue weighted by Gasteiger charge is 2.18. The van der Waals surface area contributed by atoms with Gasteiger partial charge in [0.05, 0.1) is 22.6 Å². The average molecular weight is 408 g/mol. The van der Waals surface area contributed by atoms with Crippen LogP contribution in [0.2, 0.25) is 5.02 Å². The van der Waals surface area contributed by atoms with E-state index in [0.29, 0.717) is 10.8 Å². The second-order valence-electron chi connectivity index (χ2n) is 6.40. The standard InChI is InChI=1S/C22H15ClFN3O2/c23-17-11-6-12-18(19(17)24)25-21(28)20-15-9-4-5-10-16(15)22(29)27(26-20)13-14-7-2-1-3-8-14/h1-12H,13H2,(H,25,28). The number of anilines is 1. The van der Waals surface area contributed by atoms with E-state index in [1.807, 2.05) is 30.3 Å². The van der Waals surface area contributed by atoms with Gasteiger partial charge in [0.15, 0.2) is 11.5 Å². The zero-order valence-electron chi connectivity index (χ0n) is 15.1. The first-order valence-corrected chi connectivity index (χ1v) is 9.21. The van der Waals surface area contributed by atoms with E-state index in [1.165, 1.54) is 22.9 Å². The van der Waals surface area contributed by atoms with E-state index in [4.69, 9.17) is 11.6 Å². The van der Waals surface area contributed by atoms with Gasteiger partial charge in [-0.1, -0.05) is 66.2 Å². The van der Waals surface area contributed by atoms with Crippen LogP contribution in [0.4, 0.5) is 10.1 Å². The zero-order chi connectivity index (χ0) is 20.4. The van der Waals surface area contributed by atoms with Gasteiger partial charge in [-0.2, -0.15) is 5.10 Å². The Hall–Kier alpha value is -3.51. The molecule has 4 rings (SSSR count). The van der Waals surface area contributed by atoms with Gasteiger partial charge in [0.25, 0.3) is 11.5 Å². The van der Waals surface area contributed by atoms with Gasteiger partial charge in [0.2, 0.25) is 0 Å². The second-order valence-corrected chi connectivity index (χ2v) is 6.81. The molecule has 0 fully saturated rings. The summed E-state index contributed by atoms with van der Waals surface area (Å²) in [6.07, 6.45) is 0. The van der Waals surface area contributed by atoms with Crippen molar-refractivity contribution in [3.63, 3.8) is 0 Å². The van der Waals surface area contributed by atoms with E-state index in [-0.39, 0.29) is 28.5 Å². The minimum Gasteiger partial charge on any atom is -0.318 e. The lowest BCUT2D eigenvalue weighted by Gasteiger charge is -2.12. The normalized spacial score (nSPS) is 10.8. The Kier molecular flexibility index (Phi) is 5.10. The Morgan fingerprint density at radius 3 is 2.41 bits per heavy atom. The summed E-state index contributed by atoms with van der Waals surface area (Å²) in [6, 6.07) is 20.3. The summed E-state index contributed by atoms with van der Waals surface area (Å²) in [7, 11) is 0. The van der Waals surface area contributed by atoms with Crippen molar-refractivity contribution in [3.8, 4) is 0 Å². The van der Waals surface area contributed by atoms with Gasteiger partial charge in [-0.05, 0) is 23.8 Å². The summed E-state index contributed by atoms with van der Waals surface area (Å²) < 4.78 is 15.4. The van der Waals surface area contributed by atoms with E-state index in [2.05, 4.69) is 10.4 Å². The summed E-state index contributed by atoms with van der Waals surface area (Å²) in [6.45, 7) is 0.205. The molecule has 29 heavy (non-hydrogen) atoms. The van der Waals surface area contributed by atoms with E-state index < -0.39 is 11.7 Å². The Morgan fingerprint density at radius 1 is 0.966 bits per heavy atom. The van der Waals surface area contributed by atoms with Crippen LogP contribution in [0, 0.1) is 5.82 Å². The number of rotatable bonds is 4. The van der Waals surface area contributed by atoms with E-state index in [0.717, 1.165) is 5.56 Å². The van der Waals surface area contributed by atoms with Crippen LogP contribution in [0.25, 0.3) is 10.8 Å². The molecule has 3 aromatic carbocycles. The number of halogens is 2. The van der Waals surface area contributed by atoms with Crippen LogP contribution in [0.15, 0.2) is 77.6 Å². The molecule has 0 aliphatic heterocycles. The molecule has 1 aromatic heterocycles. The van der Waals surface area contributed by atoms with Gasteiger partial charge in [0.1, 0.15) is 0 Å². The maximum Gasteiger partial charge on any atom is 0.276 e. The highest BCUT2D eigenvalue weighted by atomic mass is 35.5. The number of carbonyl (C=O) groups is 1. The average Bonchev–Trinajstić information content (AvgIpc) is 2.74. The van der Waals surface area contributed by atoms with Gasteiger partial charge >= 0.3 is 0 Å². The summed E-state index contributed by atoms with van der Waals surface area (Å²) in [5, 5.41) is 7.42. The number of amides is 1. The van der Waals surface area contributed by atoms with Gasteiger partial charge in [-0.25, -0.2) is 9.07 Å². The Bertz CT molecular complexity index is 1270. The lowest BCUT2D eigenvalue weighted by atomic mass is 10.1. The molecule has 0 unspecified atom stereocenters. The fourth-order valence-electron chi connectivity index (χ4n) is 3.05. The summed E-state index contributed by atoms with van der Waals surface area (Å²) >= 11 is 5.79. The SMILES string of the molecule is O=C(Nc1cccc(Cl)c1F)c1nn(Cc2ccccc2)c(=O)c2ccccc12. The Labute approximate surface area is 170 Å². The van der Waals surface area contributed by atoms with E-state index in [1.54, 1.807) is 24.3 Å². The molecular formula is C22H15ClFN3O2. The van der Waals surface area contributed by atoms with Gasteiger partial charge in [-0.3, -0.25) is 9.59 Å². The predicted octanol–water partition coefficient (Wildman–Crippen LogP) is 4.49. The lowest BCUT2D eigenvalue weighted by Crippen LogP contribution is -2.28. The Balaban J connectivity index is 1.80. The van der Waals surface area contributed by atoms with E-state index >= 15 is 0 Å².